The number of nitrogens with one attached hydrogen (secondary N) is 2. The van der Waals surface area contributed by atoms with E-state index in [2.05, 4.69) is 10.6 Å². The Bertz CT molecular complexity index is 1080. The van der Waals surface area contributed by atoms with E-state index < -0.39 is 10.0 Å². The molecule has 1 fully saturated rings. The fraction of sp³-hybridized carbons (Fsp3) is 0.286. The molecule has 31 heavy (non-hydrogen) atoms. The number of piperidine rings is 1. The van der Waals surface area contributed by atoms with E-state index in [1.54, 1.807) is 29.2 Å². The molecule has 0 radical (unpaired) electrons. The number of primary sulfonamides is 1. The molecule has 1 aliphatic heterocycles. The number of sulfonamides is 1. The van der Waals surface area contributed by atoms with Crippen LogP contribution in [0, 0.1) is 17.2 Å². The van der Waals surface area contributed by atoms with E-state index in [1.807, 2.05) is 6.07 Å². The topological polar surface area (TPSA) is 145 Å². The van der Waals surface area contributed by atoms with E-state index in [0.717, 1.165) is 5.69 Å². The Morgan fingerprint density at radius 2 is 1.61 bits per heavy atom. The minimum Gasteiger partial charge on any atom is -0.376 e. The number of rotatable bonds is 6. The summed E-state index contributed by atoms with van der Waals surface area (Å²) in [7, 11) is -3.78. The van der Waals surface area contributed by atoms with Gasteiger partial charge in [-0.25, -0.2) is 13.6 Å². The molecule has 2 aromatic rings. The van der Waals surface area contributed by atoms with Gasteiger partial charge in [-0.15, -0.1) is 0 Å². The quantitative estimate of drug-likeness (QED) is 0.619. The average Bonchev–Trinajstić information content (AvgIpc) is 2.77. The Balaban J connectivity index is 1.45. The van der Waals surface area contributed by atoms with Crippen molar-refractivity contribution in [2.75, 3.05) is 30.3 Å². The summed E-state index contributed by atoms with van der Waals surface area (Å²) in [5, 5.41) is 19.7. The van der Waals surface area contributed by atoms with E-state index in [9.17, 15) is 18.0 Å². The highest BCUT2D eigenvalue weighted by Crippen LogP contribution is 2.20. The molecule has 4 N–H and O–H groups in total. The second kappa shape index (κ2) is 9.59. The van der Waals surface area contributed by atoms with Gasteiger partial charge in [0.15, 0.2) is 0 Å². The highest BCUT2D eigenvalue weighted by Gasteiger charge is 2.27. The molecule has 10 heteroatoms. The third-order valence-corrected chi connectivity index (χ3v) is 6.06. The first kappa shape index (κ1) is 22.3. The van der Waals surface area contributed by atoms with E-state index in [-0.39, 0.29) is 29.2 Å². The van der Waals surface area contributed by atoms with Gasteiger partial charge in [0.2, 0.25) is 21.8 Å². The second-order valence-corrected chi connectivity index (χ2v) is 8.82. The van der Waals surface area contributed by atoms with Crippen molar-refractivity contribution in [1.82, 2.24) is 4.90 Å². The first-order valence-corrected chi connectivity index (χ1v) is 11.3. The van der Waals surface area contributed by atoms with E-state index in [0.29, 0.717) is 37.2 Å². The van der Waals surface area contributed by atoms with Crippen molar-refractivity contribution in [1.29, 1.82) is 5.26 Å². The highest BCUT2D eigenvalue weighted by molar-refractivity contribution is 7.89. The van der Waals surface area contributed by atoms with Gasteiger partial charge in [-0.05, 0) is 61.4 Å². The molecule has 0 bridgehead atoms. The third kappa shape index (κ3) is 6.04. The number of likely N-dealkylation sites (tertiary alicyclic amines) is 1. The molecule has 2 aromatic carbocycles. The third-order valence-electron chi connectivity index (χ3n) is 5.13. The van der Waals surface area contributed by atoms with Gasteiger partial charge in [0.1, 0.15) is 0 Å². The average molecular weight is 442 g/mol. The van der Waals surface area contributed by atoms with Crippen LogP contribution in [-0.2, 0) is 19.6 Å². The van der Waals surface area contributed by atoms with Crippen molar-refractivity contribution in [2.45, 2.75) is 17.7 Å². The van der Waals surface area contributed by atoms with Crippen molar-refractivity contribution in [3.63, 3.8) is 0 Å². The predicted octanol–water partition coefficient (Wildman–Crippen LogP) is 1.49. The summed E-state index contributed by atoms with van der Waals surface area (Å²) in [6, 6.07) is 14.6. The second-order valence-electron chi connectivity index (χ2n) is 7.26. The molecule has 1 heterocycles. The van der Waals surface area contributed by atoms with Gasteiger partial charge in [-0.2, -0.15) is 5.26 Å². The molecule has 9 nitrogen and oxygen atoms in total. The fourth-order valence-corrected chi connectivity index (χ4v) is 3.83. The van der Waals surface area contributed by atoms with Crippen LogP contribution in [0.3, 0.4) is 0 Å². The van der Waals surface area contributed by atoms with Crippen molar-refractivity contribution in [3.05, 3.63) is 54.1 Å². The highest BCUT2D eigenvalue weighted by atomic mass is 32.2. The largest absolute Gasteiger partial charge is 0.376 e. The zero-order valence-electron chi connectivity index (χ0n) is 16.7. The minimum atomic E-state index is -3.78. The minimum absolute atomic E-state index is 0.0214. The molecule has 0 atom stereocenters. The number of carbonyl (C=O) groups is 2. The van der Waals surface area contributed by atoms with Crippen LogP contribution >= 0.6 is 0 Å². The lowest BCUT2D eigenvalue weighted by Gasteiger charge is -2.31. The van der Waals surface area contributed by atoms with Crippen molar-refractivity contribution < 1.29 is 18.0 Å². The number of hydrogen-bond donors (Lipinski definition) is 3. The van der Waals surface area contributed by atoms with Crippen LogP contribution in [0.2, 0.25) is 0 Å². The Labute approximate surface area is 180 Å². The van der Waals surface area contributed by atoms with Crippen LogP contribution in [0.15, 0.2) is 53.4 Å². The molecule has 0 saturated carbocycles. The normalized spacial score (nSPS) is 14.5. The number of anilines is 2. The lowest BCUT2D eigenvalue weighted by atomic mass is 9.95. The summed E-state index contributed by atoms with van der Waals surface area (Å²) in [6.07, 6.45) is 1.09. The maximum Gasteiger partial charge on any atom is 0.241 e. The lowest BCUT2D eigenvalue weighted by Crippen LogP contribution is -2.43. The number of hydrogen-bond acceptors (Lipinski definition) is 6. The molecular weight excluding hydrogens is 418 g/mol. The Morgan fingerprint density at radius 3 is 2.16 bits per heavy atom. The van der Waals surface area contributed by atoms with Crippen molar-refractivity contribution in [3.8, 4) is 6.07 Å². The lowest BCUT2D eigenvalue weighted by molar-refractivity contribution is -0.132. The Hall–Kier alpha value is -3.42. The van der Waals surface area contributed by atoms with Gasteiger partial charge in [0.05, 0.1) is 23.1 Å². The maximum atomic E-state index is 12.5. The fourth-order valence-electron chi connectivity index (χ4n) is 3.32. The number of nitriles is 1. The molecule has 3 rings (SSSR count). The summed E-state index contributed by atoms with van der Waals surface area (Å²) < 4.78 is 22.6. The molecule has 1 saturated heterocycles. The zero-order valence-corrected chi connectivity index (χ0v) is 17.6. The standard InChI is InChI=1S/C21H23N5O4S/c22-13-15-1-3-17(4-2-15)24-14-20(27)26-11-9-16(10-12-26)21(28)25-18-5-7-19(8-6-18)31(23,29)30/h1-8,16,24H,9-12,14H2,(H,25,28)(H2,23,29,30). The van der Waals surface area contributed by atoms with Crippen LogP contribution in [0.25, 0.3) is 0 Å². The van der Waals surface area contributed by atoms with Gasteiger partial charge in [0, 0.05) is 30.4 Å². The van der Waals surface area contributed by atoms with Crippen LogP contribution in [0.1, 0.15) is 18.4 Å². The summed E-state index contributed by atoms with van der Waals surface area (Å²) in [5.74, 6) is -0.443. The number of nitrogens with two attached hydrogens (primary N) is 1. The van der Waals surface area contributed by atoms with Crippen LogP contribution < -0.4 is 15.8 Å². The predicted molar refractivity (Wildman–Crippen MR) is 115 cm³/mol. The zero-order chi connectivity index (χ0) is 22.4. The Morgan fingerprint density at radius 1 is 1.03 bits per heavy atom. The van der Waals surface area contributed by atoms with Gasteiger partial charge in [0.25, 0.3) is 0 Å². The van der Waals surface area contributed by atoms with Gasteiger partial charge >= 0.3 is 0 Å². The molecule has 2 amide bonds. The first-order valence-electron chi connectivity index (χ1n) is 9.72. The van der Waals surface area contributed by atoms with Crippen molar-refractivity contribution >= 4 is 33.2 Å². The SMILES string of the molecule is N#Cc1ccc(NCC(=O)N2CCC(C(=O)Nc3ccc(S(N)(=O)=O)cc3)CC2)cc1. The van der Waals surface area contributed by atoms with Crippen LogP contribution in [0.4, 0.5) is 11.4 Å². The monoisotopic (exact) mass is 441 g/mol. The molecule has 162 valence electrons. The number of amides is 2. The summed E-state index contributed by atoms with van der Waals surface area (Å²) in [4.78, 5) is 26.6. The Kier molecular flexibility index (Phi) is 6.89. The van der Waals surface area contributed by atoms with E-state index >= 15 is 0 Å². The smallest absolute Gasteiger partial charge is 0.241 e. The van der Waals surface area contributed by atoms with E-state index in [4.69, 9.17) is 10.4 Å². The first-order chi connectivity index (χ1) is 14.8. The molecular formula is C21H23N5O4S. The molecule has 0 aliphatic carbocycles. The molecule has 0 unspecified atom stereocenters. The molecule has 0 spiro atoms. The molecule has 1 aliphatic rings. The van der Waals surface area contributed by atoms with Crippen LogP contribution in [0.5, 0.6) is 0 Å². The van der Waals surface area contributed by atoms with Crippen LogP contribution in [-0.4, -0.2) is 44.8 Å². The maximum absolute atomic E-state index is 12.5. The van der Waals surface area contributed by atoms with Gasteiger partial charge in [-0.3, -0.25) is 9.59 Å². The summed E-state index contributed by atoms with van der Waals surface area (Å²) in [6.45, 7) is 1.10. The number of nitrogens with zero attached hydrogens (tertiary/aromatic N) is 2. The number of benzene rings is 2. The molecule has 0 aromatic heterocycles. The van der Waals surface area contributed by atoms with Crippen molar-refractivity contribution in [2.24, 2.45) is 11.1 Å². The van der Waals surface area contributed by atoms with E-state index in [1.165, 1.54) is 24.3 Å². The van der Waals surface area contributed by atoms with Gasteiger partial charge < -0.3 is 15.5 Å². The van der Waals surface area contributed by atoms with Gasteiger partial charge in [-0.1, -0.05) is 0 Å². The summed E-state index contributed by atoms with van der Waals surface area (Å²) >= 11 is 0. The number of carbonyl (C=O) groups excluding carboxylic acids is 2. The summed E-state index contributed by atoms with van der Waals surface area (Å²) in [5.41, 5.74) is 1.80.